The molecule has 0 fully saturated rings. The molecule has 0 amide bonds. The molecule has 0 N–H and O–H groups in total. The number of hydrogen-bond donors (Lipinski definition) is 0. The molecular weight excluding hydrogens is 260 g/mol. The van der Waals surface area contributed by atoms with Crippen molar-refractivity contribution >= 4 is 24.8 Å². The van der Waals surface area contributed by atoms with Gasteiger partial charge in [-0.15, -0.1) is 0 Å². The van der Waals surface area contributed by atoms with Crippen LogP contribution in [-0.4, -0.2) is 8.32 Å². The van der Waals surface area contributed by atoms with Gasteiger partial charge in [0.05, 0.1) is 0 Å². The van der Waals surface area contributed by atoms with Crippen molar-refractivity contribution in [3.8, 4) is 0 Å². The highest BCUT2D eigenvalue weighted by Crippen LogP contribution is 2.37. The first-order valence-electron chi connectivity index (χ1n) is 7.35. The van der Waals surface area contributed by atoms with Crippen molar-refractivity contribution in [1.29, 1.82) is 0 Å². The van der Waals surface area contributed by atoms with Crippen molar-refractivity contribution in [2.24, 2.45) is 0 Å². The van der Waals surface area contributed by atoms with Gasteiger partial charge in [-0.1, -0.05) is 36.4 Å². The van der Waals surface area contributed by atoms with Crippen molar-refractivity contribution in [3.05, 3.63) is 53.1 Å². The zero-order valence-electron chi connectivity index (χ0n) is 12.8. The first-order chi connectivity index (χ1) is 9.46. The van der Waals surface area contributed by atoms with Gasteiger partial charge in [-0.05, 0) is 61.3 Å². The Hall–Kier alpha value is -1.54. The topological polar surface area (TPSA) is 9.23 Å². The van der Waals surface area contributed by atoms with Crippen LogP contribution in [0.3, 0.4) is 0 Å². The average molecular weight is 282 g/mol. The molecule has 0 heterocycles. The van der Waals surface area contributed by atoms with Gasteiger partial charge in [-0.2, -0.15) is 0 Å². The van der Waals surface area contributed by atoms with E-state index in [0.717, 1.165) is 18.6 Å². The minimum atomic E-state index is -1.58. The third kappa shape index (κ3) is 2.40. The van der Waals surface area contributed by atoms with Gasteiger partial charge < -0.3 is 4.43 Å². The first kappa shape index (κ1) is 13.4. The van der Waals surface area contributed by atoms with Crippen LogP contribution in [0.15, 0.2) is 42.0 Å². The molecule has 2 aromatic carbocycles. The first-order valence-corrected chi connectivity index (χ1v) is 10.8. The number of benzene rings is 2. The molecular formula is C18H22OSi. The van der Waals surface area contributed by atoms with Crippen molar-refractivity contribution in [2.75, 3.05) is 0 Å². The van der Waals surface area contributed by atoms with E-state index in [-0.39, 0.29) is 0 Å². The van der Waals surface area contributed by atoms with Crippen molar-refractivity contribution < 1.29 is 4.43 Å². The minimum absolute atomic E-state index is 1.11. The fourth-order valence-electron chi connectivity index (χ4n) is 2.92. The number of hydrogen-bond acceptors (Lipinski definition) is 1. The van der Waals surface area contributed by atoms with Gasteiger partial charge >= 0.3 is 0 Å². The zero-order valence-corrected chi connectivity index (χ0v) is 13.8. The molecule has 1 aliphatic rings. The summed E-state index contributed by atoms with van der Waals surface area (Å²) in [6, 6.07) is 13.1. The quantitative estimate of drug-likeness (QED) is 0.673. The standard InChI is InChI=1S/C18H22OSi/c1-13-9-11-16-15-8-6-5-7-14(15)10-12-17(16)18(13)19-20(2,3)4/h5-8,10,12H,9,11H2,1-4H3. The molecule has 0 radical (unpaired) electrons. The van der Waals surface area contributed by atoms with Gasteiger partial charge in [0.1, 0.15) is 5.76 Å². The van der Waals surface area contributed by atoms with Crippen LogP contribution in [0.5, 0.6) is 0 Å². The highest BCUT2D eigenvalue weighted by molar-refractivity contribution is 6.70. The Morgan fingerprint density at radius 1 is 0.950 bits per heavy atom. The molecule has 1 aliphatic carbocycles. The van der Waals surface area contributed by atoms with E-state index in [1.54, 1.807) is 0 Å². The number of aryl methyl sites for hydroxylation is 1. The monoisotopic (exact) mass is 282 g/mol. The lowest BCUT2D eigenvalue weighted by Gasteiger charge is -2.29. The van der Waals surface area contributed by atoms with Crippen LogP contribution in [0.4, 0.5) is 0 Å². The average Bonchev–Trinajstić information content (AvgIpc) is 2.40. The third-order valence-electron chi connectivity index (χ3n) is 3.83. The molecule has 0 aromatic heterocycles. The lowest BCUT2D eigenvalue weighted by atomic mass is 9.87. The summed E-state index contributed by atoms with van der Waals surface area (Å²) in [5.41, 5.74) is 4.17. The lowest BCUT2D eigenvalue weighted by Crippen LogP contribution is -2.26. The fraction of sp³-hybridized carbons (Fsp3) is 0.333. The van der Waals surface area contributed by atoms with Crippen LogP contribution in [0.25, 0.3) is 16.5 Å². The summed E-state index contributed by atoms with van der Waals surface area (Å²) in [4.78, 5) is 0. The van der Waals surface area contributed by atoms with E-state index in [1.807, 2.05) is 0 Å². The maximum atomic E-state index is 6.38. The molecule has 2 heteroatoms. The Kier molecular flexibility index (Phi) is 3.21. The second-order valence-electron chi connectivity index (χ2n) is 6.64. The third-order valence-corrected chi connectivity index (χ3v) is 4.65. The predicted molar refractivity (Wildman–Crippen MR) is 89.3 cm³/mol. The van der Waals surface area contributed by atoms with Gasteiger partial charge in [0.25, 0.3) is 0 Å². The largest absolute Gasteiger partial charge is 0.544 e. The molecule has 0 spiro atoms. The number of fused-ring (bicyclic) bond motifs is 3. The maximum absolute atomic E-state index is 6.38. The van der Waals surface area contributed by atoms with E-state index in [2.05, 4.69) is 63.0 Å². The lowest BCUT2D eigenvalue weighted by molar-refractivity contribution is 0.503. The summed E-state index contributed by atoms with van der Waals surface area (Å²) in [7, 11) is -1.58. The van der Waals surface area contributed by atoms with E-state index in [9.17, 15) is 0 Å². The van der Waals surface area contributed by atoms with Crippen molar-refractivity contribution in [3.63, 3.8) is 0 Å². The van der Waals surface area contributed by atoms with Gasteiger partial charge in [-0.25, -0.2) is 0 Å². The second-order valence-corrected chi connectivity index (χ2v) is 11.1. The summed E-state index contributed by atoms with van der Waals surface area (Å²) < 4.78 is 6.38. The van der Waals surface area contributed by atoms with E-state index in [1.165, 1.54) is 27.5 Å². The summed E-state index contributed by atoms with van der Waals surface area (Å²) in [6.45, 7) is 8.97. The van der Waals surface area contributed by atoms with E-state index < -0.39 is 8.32 Å². The SMILES string of the molecule is CC1=C(O[Si](C)(C)C)c2ccc3ccccc3c2CC1. The number of allylic oxidation sites excluding steroid dienone is 1. The van der Waals surface area contributed by atoms with E-state index in [0.29, 0.717) is 0 Å². The second kappa shape index (κ2) is 4.78. The van der Waals surface area contributed by atoms with Crippen LogP contribution >= 0.6 is 0 Å². The molecule has 0 unspecified atom stereocenters. The van der Waals surface area contributed by atoms with Crippen LogP contribution in [0, 0.1) is 0 Å². The van der Waals surface area contributed by atoms with Gasteiger partial charge in [0.15, 0.2) is 0 Å². The fourth-order valence-corrected chi connectivity index (χ4v) is 3.82. The molecule has 2 aromatic rings. The summed E-state index contributed by atoms with van der Waals surface area (Å²) in [6.07, 6.45) is 2.24. The van der Waals surface area contributed by atoms with Gasteiger partial charge in [0.2, 0.25) is 8.32 Å². The normalized spacial score (nSPS) is 15.4. The van der Waals surface area contributed by atoms with Crippen molar-refractivity contribution in [2.45, 2.75) is 39.4 Å². The molecule has 0 aliphatic heterocycles. The highest BCUT2D eigenvalue weighted by atomic mass is 28.4. The maximum Gasteiger partial charge on any atom is 0.242 e. The Morgan fingerprint density at radius 2 is 1.70 bits per heavy atom. The summed E-state index contributed by atoms with van der Waals surface area (Å²) in [5, 5.41) is 2.72. The molecule has 0 bridgehead atoms. The van der Waals surface area contributed by atoms with E-state index in [4.69, 9.17) is 4.43 Å². The van der Waals surface area contributed by atoms with E-state index >= 15 is 0 Å². The van der Waals surface area contributed by atoms with Crippen LogP contribution in [0.1, 0.15) is 24.5 Å². The molecule has 0 saturated carbocycles. The molecule has 1 nitrogen and oxygen atoms in total. The van der Waals surface area contributed by atoms with Crippen LogP contribution in [0.2, 0.25) is 19.6 Å². The van der Waals surface area contributed by atoms with Gasteiger partial charge in [0, 0.05) is 5.56 Å². The Bertz CT molecular complexity index is 692. The molecule has 0 atom stereocenters. The Morgan fingerprint density at radius 3 is 2.45 bits per heavy atom. The van der Waals surface area contributed by atoms with Crippen LogP contribution < -0.4 is 0 Å². The smallest absolute Gasteiger partial charge is 0.242 e. The predicted octanol–water partition coefficient (Wildman–Crippen LogP) is 5.37. The van der Waals surface area contributed by atoms with Gasteiger partial charge in [-0.3, -0.25) is 0 Å². The Labute approximate surface area is 122 Å². The highest BCUT2D eigenvalue weighted by Gasteiger charge is 2.25. The Balaban J connectivity index is 2.19. The molecule has 20 heavy (non-hydrogen) atoms. The zero-order chi connectivity index (χ0) is 14.3. The van der Waals surface area contributed by atoms with Crippen LogP contribution in [-0.2, 0) is 10.8 Å². The molecule has 104 valence electrons. The number of rotatable bonds is 2. The van der Waals surface area contributed by atoms with Crippen molar-refractivity contribution in [1.82, 2.24) is 0 Å². The molecule has 0 saturated heterocycles. The minimum Gasteiger partial charge on any atom is -0.544 e. The summed E-state index contributed by atoms with van der Waals surface area (Å²) >= 11 is 0. The molecule has 3 rings (SSSR count). The summed E-state index contributed by atoms with van der Waals surface area (Å²) in [5.74, 6) is 1.15.